The number of fused-ring (bicyclic) bond motifs is 1. The van der Waals surface area contributed by atoms with Gasteiger partial charge < -0.3 is 15.4 Å². The fraction of sp³-hybridized carbons (Fsp3) is 0.400. The summed E-state index contributed by atoms with van der Waals surface area (Å²) in [5.41, 5.74) is 1.02. The van der Waals surface area contributed by atoms with Gasteiger partial charge in [0.15, 0.2) is 0 Å². The van der Waals surface area contributed by atoms with Gasteiger partial charge in [-0.05, 0) is 31.0 Å². The van der Waals surface area contributed by atoms with Crippen molar-refractivity contribution in [3.63, 3.8) is 0 Å². The van der Waals surface area contributed by atoms with E-state index >= 15 is 0 Å². The number of amides is 1. The number of hydrogen-bond donors (Lipinski definition) is 3. The zero-order chi connectivity index (χ0) is 14.2. The first-order chi connectivity index (χ1) is 9.63. The number of H-pyrrole nitrogens is 1. The van der Waals surface area contributed by atoms with Gasteiger partial charge in [-0.15, -0.1) is 0 Å². The monoisotopic (exact) mass is 336 g/mol. The number of carbonyl (C=O) groups is 1. The Bertz CT molecular complexity index is 644. The summed E-state index contributed by atoms with van der Waals surface area (Å²) < 4.78 is 0.961. The van der Waals surface area contributed by atoms with Crippen molar-refractivity contribution in [2.45, 2.75) is 31.2 Å². The standard InChI is InChI=1S/C15H17BrN2O2/c16-11-4-3-5-12-10(11)8-13(17-12)14(20)18-15(9-19)6-1-2-7-15/h3-5,8,17,19H,1-2,6-7,9H2,(H,18,20). The van der Waals surface area contributed by atoms with Crippen LogP contribution < -0.4 is 5.32 Å². The van der Waals surface area contributed by atoms with Crippen LogP contribution in [0.1, 0.15) is 36.2 Å². The molecule has 1 heterocycles. The quantitative estimate of drug-likeness (QED) is 0.806. The van der Waals surface area contributed by atoms with E-state index in [0.29, 0.717) is 5.69 Å². The highest BCUT2D eigenvalue weighted by molar-refractivity contribution is 9.10. The van der Waals surface area contributed by atoms with E-state index in [1.165, 1.54) is 0 Å². The van der Waals surface area contributed by atoms with Gasteiger partial charge in [-0.25, -0.2) is 0 Å². The lowest BCUT2D eigenvalue weighted by atomic mass is 9.99. The molecule has 0 saturated heterocycles. The Kier molecular flexibility index (Phi) is 3.56. The molecule has 0 aliphatic heterocycles. The van der Waals surface area contributed by atoms with Crippen LogP contribution in [0.4, 0.5) is 0 Å². The fourth-order valence-corrected chi connectivity index (χ4v) is 3.40. The molecule has 0 spiro atoms. The van der Waals surface area contributed by atoms with Crippen LogP contribution in [-0.2, 0) is 0 Å². The highest BCUT2D eigenvalue weighted by atomic mass is 79.9. The first-order valence-corrected chi connectivity index (χ1v) is 7.63. The van der Waals surface area contributed by atoms with Crippen molar-refractivity contribution in [2.24, 2.45) is 0 Å². The Labute approximate surface area is 125 Å². The van der Waals surface area contributed by atoms with Crippen molar-refractivity contribution < 1.29 is 9.90 Å². The summed E-state index contributed by atoms with van der Waals surface area (Å²) in [6.07, 6.45) is 3.80. The Hall–Kier alpha value is -1.33. The third-order valence-corrected chi connectivity index (χ3v) is 4.79. The molecule has 3 N–H and O–H groups in total. The van der Waals surface area contributed by atoms with Crippen molar-refractivity contribution >= 4 is 32.7 Å². The zero-order valence-electron chi connectivity index (χ0n) is 11.1. The van der Waals surface area contributed by atoms with Crippen molar-refractivity contribution in [1.82, 2.24) is 10.3 Å². The highest BCUT2D eigenvalue weighted by Crippen LogP contribution is 2.30. The highest BCUT2D eigenvalue weighted by Gasteiger charge is 2.35. The molecule has 1 aliphatic carbocycles. The van der Waals surface area contributed by atoms with Crippen LogP contribution in [0.5, 0.6) is 0 Å². The Morgan fingerprint density at radius 2 is 2.15 bits per heavy atom. The summed E-state index contributed by atoms with van der Waals surface area (Å²) >= 11 is 3.48. The number of benzene rings is 1. The first-order valence-electron chi connectivity index (χ1n) is 6.84. The minimum absolute atomic E-state index is 0.00264. The second kappa shape index (κ2) is 5.22. The van der Waals surface area contributed by atoms with Gasteiger partial charge in [-0.3, -0.25) is 4.79 Å². The molecule has 0 bridgehead atoms. The number of halogens is 1. The average Bonchev–Trinajstić information content (AvgIpc) is 3.06. The lowest BCUT2D eigenvalue weighted by Crippen LogP contribution is -2.49. The smallest absolute Gasteiger partial charge is 0.268 e. The normalized spacial score (nSPS) is 17.5. The van der Waals surface area contributed by atoms with Gasteiger partial charge in [0.1, 0.15) is 5.69 Å². The van der Waals surface area contributed by atoms with Gasteiger partial charge in [-0.1, -0.05) is 34.8 Å². The zero-order valence-corrected chi connectivity index (χ0v) is 12.7. The number of carbonyl (C=O) groups excluding carboxylic acids is 1. The second-order valence-electron chi connectivity index (χ2n) is 5.48. The van der Waals surface area contributed by atoms with Crippen LogP contribution in [-0.4, -0.2) is 28.1 Å². The van der Waals surface area contributed by atoms with E-state index in [0.717, 1.165) is 41.1 Å². The second-order valence-corrected chi connectivity index (χ2v) is 6.34. The minimum atomic E-state index is -0.439. The third kappa shape index (κ3) is 2.36. The summed E-state index contributed by atoms with van der Waals surface area (Å²) in [6, 6.07) is 7.66. The van der Waals surface area contributed by atoms with Crippen molar-refractivity contribution in [2.75, 3.05) is 6.61 Å². The van der Waals surface area contributed by atoms with Gasteiger partial charge in [-0.2, -0.15) is 0 Å². The van der Waals surface area contributed by atoms with E-state index < -0.39 is 5.54 Å². The Morgan fingerprint density at radius 1 is 1.40 bits per heavy atom. The lowest BCUT2D eigenvalue weighted by molar-refractivity contribution is 0.0834. The molecular formula is C15H17BrN2O2. The maximum Gasteiger partial charge on any atom is 0.268 e. The van der Waals surface area contributed by atoms with Crippen LogP contribution in [0.3, 0.4) is 0 Å². The maximum atomic E-state index is 12.4. The molecule has 20 heavy (non-hydrogen) atoms. The summed E-state index contributed by atoms with van der Waals surface area (Å²) in [7, 11) is 0. The number of aromatic nitrogens is 1. The van der Waals surface area contributed by atoms with E-state index in [9.17, 15) is 9.90 Å². The number of aliphatic hydroxyl groups is 1. The van der Waals surface area contributed by atoms with Gasteiger partial charge >= 0.3 is 0 Å². The molecule has 4 nitrogen and oxygen atoms in total. The molecule has 1 aromatic carbocycles. The Balaban J connectivity index is 1.87. The average molecular weight is 337 g/mol. The Morgan fingerprint density at radius 3 is 2.80 bits per heavy atom. The van der Waals surface area contributed by atoms with E-state index in [4.69, 9.17) is 0 Å². The minimum Gasteiger partial charge on any atom is -0.394 e. The van der Waals surface area contributed by atoms with E-state index in [2.05, 4.69) is 26.2 Å². The summed E-state index contributed by atoms with van der Waals surface area (Å²) in [5.74, 6) is -0.149. The van der Waals surface area contributed by atoms with Crippen LogP contribution in [0.2, 0.25) is 0 Å². The van der Waals surface area contributed by atoms with Crippen LogP contribution >= 0.6 is 15.9 Å². The molecule has 1 saturated carbocycles. The number of aliphatic hydroxyl groups excluding tert-OH is 1. The molecule has 3 rings (SSSR count). The number of aromatic amines is 1. The van der Waals surface area contributed by atoms with E-state index in [1.54, 1.807) is 0 Å². The van der Waals surface area contributed by atoms with Crippen LogP contribution in [0.25, 0.3) is 10.9 Å². The van der Waals surface area contributed by atoms with E-state index in [-0.39, 0.29) is 12.5 Å². The van der Waals surface area contributed by atoms with Crippen LogP contribution in [0, 0.1) is 0 Å². The first kappa shape index (κ1) is 13.6. The summed E-state index contributed by atoms with van der Waals surface area (Å²) in [6.45, 7) is 0.00264. The SMILES string of the molecule is O=C(NC1(CO)CCCC1)c1cc2c(Br)cccc2[nH]1. The van der Waals surface area contributed by atoms with E-state index in [1.807, 2.05) is 24.3 Å². The molecule has 0 atom stereocenters. The lowest BCUT2D eigenvalue weighted by Gasteiger charge is -2.27. The summed E-state index contributed by atoms with van der Waals surface area (Å²) in [5, 5.41) is 13.6. The number of hydrogen-bond acceptors (Lipinski definition) is 2. The van der Waals surface area contributed by atoms with Crippen molar-refractivity contribution in [3.8, 4) is 0 Å². The maximum absolute atomic E-state index is 12.4. The molecule has 5 heteroatoms. The van der Waals surface area contributed by atoms with Crippen molar-refractivity contribution in [3.05, 3.63) is 34.4 Å². The summed E-state index contributed by atoms with van der Waals surface area (Å²) in [4.78, 5) is 15.5. The topological polar surface area (TPSA) is 65.1 Å². The third-order valence-electron chi connectivity index (χ3n) is 4.10. The van der Waals surface area contributed by atoms with Gasteiger partial charge in [0.25, 0.3) is 5.91 Å². The molecule has 0 radical (unpaired) electrons. The van der Waals surface area contributed by atoms with Gasteiger partial charge in [0, 0.05) is 15.4 Å². The molecule has 1 aliphatic rings. The van der Waals surface area contributed by atoms with Crippen LogP contribution in [0.15, 0.2) is 28.7 Å². The largest absolute Gasteiger partial charge is 0.394 e. The van der Waals surface area contributed by atoms with Crippen molar-refractivity contribution in [1.29, 1.82) is 0 Å². The molecule has 0 unspecified atom stereocenters. The molecule has 106 valence electrons. The predicted octanol–water partition coefficient (Wildman–Crippen LogP) is 2.97. The predicted molar refractivity (Wildman–Crippen MR) is 81.7 cm³/mol. The van der Waals surface area contributed by atoms with Gasteiger partial charge in [0.2, 0.25) is 0 Å². The number of rotatable bonds is 3. The molecule has 1 aromatic heterocycles. The molecule has 1 amide bonds. The van der Waals surface area contributed by atoms with Gasteiger partial charge in [0.05, 0.1) is 12.1 Å². The molecular weight excluding hydrogens is 320 g/mol. The molecule has 1 fully saturated rings. The fourth-order valence-electron chi connectivity index (χ4n) is 2.92. The number of nitrogens with one attached hydrogen (secondary N) is 2. The molecule has 2 aromatic rings.